The smallest absolute Gasteiger partial charge is 0.126 e. The van der Waals surface area contributed by atoms with Gasteiger partial charge in [0.05, 0.1) is 0 Å². The van der Waals surface area contributed by atoms with Gasteiger partial charge < -0.3 is 10.1 Å². The summed E-state index contributed by atoms with van der Waals surface area (Å²) in [6.07, 6.45) is 0.841. The second-order valence-corrected chi connectivity index (χ2v) is 9.69. The molecule has 0 saturated carbocycles. The maximum Gasteiger partial charge on any atom is 0.126 e. The fourth-order valence-corrected chi connectivity index (χ4v) is 5.43. The molecular weight excluding hydrogens is 452 g/mol. The van der Waals surface area contributed by atoms with Gasteiger partial charge in [0, 0.05) is 18.5 Å². The van der Waals surface area contributed by atoms with Gasteiger partial charge in [0.2, 0.25) is 0 Å². The van der Waals surface area contributed by atoms with Crippen LogP contribution in [0.2, 0.25) is 0 Å². The van der Waals surface area contributed by atoms with Crippen molar-refractivity contribution in [1.29, 1.82) is 0 Å². The van der Waals surface area contributed by atoms with Gasteiger partial charge in [-0.25, -0.2) is 8.78 Å². The SMILES string of the molecule is Cc1ccccc1OCc1ccccc1-c1ccc([C@H]2CNCC[C@@H]2c2cc(F)cc(F)c2)c(C)c1. The van der Waals surface area contributed by atoms with Crippen molar-refractivity contribution < 1.29 is 13.5 Å². The van der Waals surface area contributed by atoms with E-state index in [9.17, 15) is 8.78 Å². The van der Waals surface area contributed by atoms with Crippen molar-refractivity contribution in [3.8, 4) is 16.9 Å². The van der Waals surface area contributed by atoms with Crippen LogP contribution in [0.5, 0.6) is 5.75 Å². The topological polar surface area (TPSA) is 21.3 Å². The molecule has 2 nitrogen and oxygen atoms in total. The fraction of sp³-hybridized carbons (Fsp3) is 0.250. The summed E-state index contributed by atoms with van der Waals surface area (Å²) in [5.74, 6) is 0.0747. The lowest BCUT2D eigenvalue weighted by molar-refractivity contribution is 0.304. The largest absolute Gasteiger partial charge is 0.489 e. The van der Waals surface area contributed by atoms with Crippen LogP contribution in [-0.4, -0.2) is 13.1 Å². The van der Waals surface area contributed by atoms with Crippen molar-refractivity contribution >= 4 is 0 Å². The van der Waals surface area contributed by atoms with Crippen LogP contribution in [0, 0.1) is 25.5 Å². The number of piperidine rings is 1. The summed E-state index contributed by atoms with van der Waals surface area (Å²) < 4.78 is 34.1. The van der Waals surface area contributed by atoms with E-state index in [-0.39, 0.29) is 11.8 Å². The first kappa shape index (κ1) is 24.2. The highest BCUT2D eigenvalue weighted by molar-refractivity contribution is 5.68. The van der Waals surface area contributed by atoms with Crippen LogP contribution < -0.4 is 10.1 Å². The fourth-order valence-electron chi connectivity index (χ4n) is 5.43. The van der Waals surface area contributed by atoms with Crippen LogP contribution in [0.4, 0.5) is 8.78 Å². The molecule has 36 heavy (non-hydrogen) atoms. The Balaban J connectivity index is 1.43. The minimum atomic E-state index is -0.515. The van der Waals surface area contributed by atoms with E-state index in [1.54, 1.807) is 0 Å². The van der Waals surface area contributed by atoms with Crippen molar-refractivity contribution in [2.24, 2.45) is 0 Å². The van der Waals surface area contributed by atoms with Gasteiger partial charge in [0.1, 0.15) is 24.0 Å². The number of ether oxygens (including phenoxy) is 1. The summed E-state index contributed by atoms with van der Waals surface area (Å²) in [4.78, 5) is 0. The molecule has 0 aliphatic carbocycles. The van der Waals surface area contributed by atoms with Crippen molar-refractivity contribution in [2.75, 3.05) is 13.1 Å². The molecule has 1 fully saturated rings. The summed E-state index contributed by atoms with van der Waals surface area (Å²) in [6.45, 7) is 6.29. The molecule has 0 spiro atoms. The van der Waals surface area contributed by atoms with Crippen LogP contribution >= 0.6 is 0 Å². The Morgan fingerprint density at radius 3 is 2.33 bits per heavy atom. The van der Waals surface area contributed by atoms with E-state index >= 15 is 0 Å². The number of rotatable bonds is 6. The Hall–Kier alpha value is -3.50. The maximum atomic E-state index is 14.0. The van der Waals surface area contributed by atoms with E-state index in [1.165, 1.54) is 23.3 Å². The predicted molar refractivity (Wildman–Crippen MR) is 141 cm³/mol. The molecule has 0 radical (unpaired) electrons. The molecule has 4 aromatic rings. The number of benzene rings is 4. The summed E-state index contributed by atoms with van der Waals surface area (Å²) >= 11 is 0. The lowest BCUT2D eigenvalue weighted by atomic mass is 9.76. The number of aryl methyl sites for hydroxylation is 2. The monoisotopic (exact) mass is 483 g/mol. The highest BCUT2D eigenvalue weighted by Gasteiger charge is 2.29. The molecule has 0 amide bonds. The average molecular weight is 484 g/mol. The third-order valence-corrected chi connectivity index (χ3v) is 7.27. The first-order valence-corrected chi connectivity index (χ1v) is 12.5. The summed E-state index contributed by atoms with van der Waals surface area (Å²) in [5.41, 5.74) is 7.65. The van der Waals surface area contributed by atoms with Crippen LogP contribution in [0.1, 0.15) is 46.1 Å². The number of hydrogen-bond acceptors (Lipinski definition) is 2. The molecule has 1 aliphatic rings. The molecule has 4 heteroatoms. The third-order valence-electron chi connectivity index (χ3n) is 7.27. The standard InChI is InChI=1S/C32H31F2NO/c1-21-7-3-6-10-32(21)36-20-24-8-4-5-9-29(24)23-11-12-28(22(2)15-23)31-19-35-14-13-30(31)25-16-26(33)18-27(34)17-25/h3-12,15-18,30-31,35H,13-14,19-20H2,1-2H3/t30-,31-/m1/s1. The molecule has 1 N–H and O–H groups in total. The summed E-state index contributed by atoms with van der Waals surface area (Å²) in [5, 5.41) is 3.48. The highest BCUT2D eigenvalue weighted by atomic mass is 19.1. The third kappa shape index (κ3) is 5.19. The summed E-state index contributed by atoms with van der Waals surface area (Å²) in [6, 6.07) is 26.9. The van der Waals surface area contributed by atoms with E-state index in [4.69, 9.17) is 4.74 Å². The zero-order chi connectivity index (χ0) is 25.1. The molecule has 5 rings (SSSR count). The van der Waals surface area contributed by atoms with E-state index in [2.05, 4.69) is 61.6 Å². The van der Waals surface area contributed by atoms with E-state index in [1.807, 2.05) is 24.3 Å². The molecule has 1 aliphatic heterocycles. The summed E-state index contributed by atoms with van der Waals surface area (Å²) in [7, 11) is 0. The van der Waals surface area contributed by atoms with Crippen LogP contribution in [0.25, 0.3) is 11.1 Å². The van der Waals surface area contributed by atoms with Gasteiger partial charge in [-0.1, -0.05) is 60.7 Å². The van der Waals surface area contributed by atoms with Crippen molar-refractivity contribution in [3.05, 3.63) is 124 Å². The van der Waals surface area contributed by atoms with Crippen molar-refractivity contribution in [1.82, 2.24) is 5.32 Å². The predicted octanol–water partition coefficient (Wildman–Crippen LogP) is 7.69. The van der Waals surface area contributed by atoms with Crippen LogP contribution in [0.15, 0.2) is 84.9 Å². The van der Waals surface area contributed by atoms with E-state index in [0.717, 1.165) is 59.1 Å². The van der Waals surface area contributed by atoms with Crippen LogP contribution in [-0.2, 0) is 6.61 Å². The molecule has 4 aromatic carbocycles. The molecule has 184 valence electrons. The van der Waals surface area contributed by atoms with Gasteiger partial charge >= 0.3 is 0 Å². The van der Waals surface area contributed by atoms with E-state index in [0.29, 0.717) is 6.61 Å². The van der Waals surface area contributed by atoms with Gasteiger partial charge in [-0.15, -0.1) is 0 Å². The van der Waals surface area contributed by atoms with Gasteiger partial charge in [-0.3, -0.25) is 0 Å². The second-order valence-electron chi connectivity index (χ2n) is 9.69. The lowest BCUT2D eigenvalue weighted by Crippen LogP contribution is -2.34. The van der Waals surface area contributed by atoms with Gasteiger partial charge in [0.15, 0.2) is 0 Å². The Bertz CT molecular complexity index is 1350. The molecule has 2 atom stereocenters. The van der Waals surface area contributed by atoms with E-state index < -0.39 is 11.6 Å². The number of hydrogen-bond donors (Lipinski definition) is 1. The van der Waals surface area contributed by atoms with Crippen molar-refractivity contribution in [2.45, 2.75) is 38.7 Å². The second kappa shape index (κ2) is 10.6. The zero-order valence-electron chi connectivity index (χ0n) is 20.7. The Labute approximate surface area is 212 Å². The van der Waals surface area contributed by atoms with Gasteiger partial charge in [-0.05, 0) is 89.9 Å². The Kier molecular flexibility index (Phi) is 7.15. The van der Waals surface area contributed by atoms with Gasteiger partial charge in [0.25, 0.3) is 0 Å². The lowest BCUT2D eigenvalue weighted by Gasteiger charge is -2.34. The first-order valence-electron chi connectivity index (χ1n) is 12.5. The minimum absolute atomic E-state index is 0.0656. The minimum Gasteiger partial charge on any atom is -0.489 e. The molecular formula is C32H31F2NO. The molecule has 0 aromatic heterocycles. The quantitative estimate of drug-likeness (QED) is 0.304. The van der Waals surface area contributed by atoms with Crippen molar-refractivity contribution in [3.63, 3.8) is 0 Å². The Morgan fingerprint density at radius 2 is 1.56 bits per heavy atom. The zero-order valence-corrected chi connectivity index (χ0v) is 20.7. The van der Waals surface area contributed by atoms with Crippen LogP contribution in [0.3, 0.4) is 0 Å². The molecule has 1 heterocycles. The normalized spacial score (nSPS) is 17.7. The molecule has 0 unspecified atom stereocenters. The number of para-hydroxylation sites is 1. The molecule has 0 bridgehead atoms. The average Bonchev–Trinajstić information content (AvgIpc) is 2.88. The maximum absolute atomic E-state index is 14.0. The number of halogens is 2. The highest BCUT2D eigenvalue weighted by Crippen LogP contribution is 2.40. The van der Waals surface area contributed by atoms with Gasteiger partial charge in [-0.2, -0.15) is 0 Å². The Morgan fingerprint density at radius 1 is 0.806 bits per heavy atom. The first-order chi connectivity index (χ1) is 17.5. The molecule has 1 saturated heterocycles. The number of nitrogens with one attached hydrogen (secondary N) is 1.